The molecule has 0 atom stereocenters. The van der Waals surface area contributed by atoms with Gasteiger partial charge in [0.25, 0.3) is 0 Å². The molecule has 1 aliphatic rings. The third kappa shape index (κ3) is 3.98. The third-order valence-electron chi connectivity index (χ3n) is 4.74. The van der Waals surface area contributed by atoms with Gasteiger partial charge in [0.05, 0.1) is 19.1 Å². The summed E-state index contributed by atoms with van der Waals surface area (Å²) in [5, 5.41) is 4.17. The van der Waals surface area contributed by atoms with E-state index in [9.17, 15) is 0 Å². The van der Waals surface area contributed by atoms with Gasteiger partial charge in [0.2, 0.25) is 5.76 Å². The number of rotatable bonds is 6. The summed E-state index contributed by atoms with van der Waals surface area (Å²) in [5.74, 6) is 2.30. The topological polar surface area (TPSA) is 54.9 Å². The van der Waals surface area contributed by atoms with Crippen molar-refractivity contribution in [3.63, 3.8) is 0 Å². The molecule has 0 N–H and O–H groups in total. The van der Waals surface area contributed by atoms with Crippen LogP contribution in [0.1, 0.15) is 11.3 Å². The first-order valence-electron chi connectivity index (χ1n) is 8.87. The molecule has 4 rings (SSSR count). The number of ether oxygens (including phenoxy) is 1. The molecule has 0 amide bonds. The molecule has 3 heterocycles. The SMILES string of the molecule is COc1ccc(CN2CCN(Cc3cc(-c4ccco4)on3)CC2)cc1. The van der Waals surface area contributed by atoms with Gasteiger partial charge < -0.3 is 13.7 Å². The van der Waals surface area contributed by atoms with Crippen LogP contribution < -0.4 is 4.74 Å². The van der Waals surface area contributed by atoms with E-state index in [1.54, 1.807) is 13.4 Å². The summed E-state index contributed by atoms with van der Waals surface area (Å²) >= 11 is 0. The standard InChI is InChI=1S/C20H23N3O3/c1-24-18-6-4-16(5-7-18)14-22-8-10-23(11-9-22)15-17-13-20(26-21-17)19-3-2-12-25-19/h2-7,12-13H,8-11,14-15H2,1H3. The van der Waals surface area contributed by atoms with E-state index in [2.05, 4.69) is 27.1 Å². The summed E-state index contributed by atoms with van der Waals surface area (Å²) in [5.41, 5.74) is 2.26. The minimum absolute atomic E-state index is 0.683. The summed E-state index contributed by atoms with van der Waals surface area (Å²) in [7, 11) is 1.70. The highest BCUT2D eigenvalue weighted by molar-refractivity contribution is 5.49. The molecule has 0 unspecified atom stereocenters. The first-order valence-corrected chi connectivity index (χ1v) is 8.87. The summed E-state index contributed by atoms with van der Waals surface area (Å²) in [6, 6.07) is 14.0. The van der Waals surface area contributed by atoms with Crippen LogP contribution in [0.25, 0.3) is 11.5 Å². The van der Waals surface area contributed by atoms with Crippen LogP contribution in [0, 0.1) is 0 Å². The van der Waals surface area contributed by atoms with Gasteiger partial charge in [0, 0.05) is 45.3 Å². The number of hydrogen-bond acceptors (Lipinski definition) is 6. The second kappa shape index (κ2) is 7.76. The maximum absolute atomic E-state index is 5.38. The lowest BCUT2D eigenvalue weighted by atomic mass is 10.2. The van der Waals surface area contributed by atoms with Gasteiger partial charge in [-0.15, -0.1) is 0 Å². The fraction of sp³-hybridized carbons (Fsp3) is 0.350. The molecule has 1 saturated heterocycles. The van der Waals surface area contributed by atoms with Crippen LogP contribution in [0.2, 0.25) is 0 Å². The van der Waals surface area contributed by atoms with E-state index in [1.807, 2.05) is 30.3 Å². The zero-order valence-electron chi connectivity index (χ0n) is 14.9. The van der Waals surface area contributed by atoms with Crippen molar-refractivity contribution in [1.29, 1.82) is 0 Å². The van der Waals surface area contributed by atoms with E-state index in [0.29, 0.717) is 11.5 Å². The predicted molar refractivity (Wildman–Crippen MR) is 97.8 cm³/mol. The summed E-state index contributed by atoms with van der Waals surface area (Å²) in [6.07, 6.45) is 1.64. The fourth-order valence-corrected chi connectivity index (χ4v) is 3.24. The van der Waals surface area contributed by atoms with Gasteiger partial charge in [-0.05, 0) is 29.8 Å². The molecule has 6 heteroatoms. The smallest absolute Gasteiger partial charge is 0.202 e. The Bertz CT molecular complexity index is 803. The Balaban J connectivity index is 1.27. The highest BCUT2D eigenvalue weighted by Gasteiger charge is 2.19. The fourth-order valence-electron chi connectivity index (χ4n) is 3.24. The van der Waals surface area contributed by atoms with Gasteiger partial charge in [0.15, 0.2) is 5.76 Å². The van der Waals surface area contributed by atoms with Crippen molar-refractivity contribution in [2.45, 2.75) is 13.1 Å². The van der Waals surface area contributed by atoms with Gasteiger partial charge in [0.1, 0.15) is 5.75 Å². The quantitative estimate of drug-likeness (QED) is 0.678. The number of piperazine rings is 1. The molecule has 0 bridgehead atoms. The Morgan fingerprint density at radius 2 is 1.69 bits per heavy atom. The second-order valence-corrected chi connectivity index (χ2v) is 6.56. The lowest BCUT2D eigenvalue weighted by molar-refractivity contribution is 0.120. The van der Waals surface area contributed by atoms with Gasteiger partial charge in [-0.25, -0.2) is 0 Å². The summed E-state index contributed by atoms with van der Waals surface area (Å²) < 4.78 is 15.9. The Labute approximate surface area is 152 Å². The van der Waals surface area contributed by atoms with Crippen molar-refractivity contribution in [2.75, 3.05) is 33.3 Å². The summed E-state index contributed by atoms with van der Waals surface area (Å²) in [6.45, 7) is 5.94. The van der Waals surface area contributed by atoms with Crippen molar-refractivity contribution in [1.82, 2.24) is 15.0 Å². The minimum atomic E-state index is 0.683. The van der Waals surface area contributed by atoms with E-state index >= 15 is 0 Å². The Hall–Kier alpha value is -2.57. The van der Waals surface area contributed by atoms with Crippen molar-refractivity contribution >= 4 is 0 Å². The average molecular weight is 353 g/mol. The first kappa shape index (κ1) is 16.9. The molecule has 1 fully saturated rings. The molecule has 1 aromatic carbocycles. The number of aromatic nitrogens is 1. The largest absolute Gasteiger partial charge is 0.497 e. The molecular formula is C20H23N3O3. The maximum Gasteiger partial charge on any atom is 0.202 e. The maximum atomic E-state index is 5.38. The van der Waals surface area contributed by atoms with Gasteiger partial charge >= 0.3 is 0 Å². The normalized spacial score (nSPS) is 16.0. The van der Waals surface area contributed by atoms with Crippen molar-refractivity contribution in [2.24, 2.45) is 0 Å². The van der Waals surface area contributed by atoms with E-state index in [0.717, 1.165) is 50.7 Å². The van der Waals surface area contributed by atoms with E-state index < -0.39 is 0 Å². The average Bonchev–Trinajstić information content (AvgIpc) is 3.36. The number of methoxy groups -OCH3 is 1. The zero-order valence-corrected chi connectivity index (χ0v) is 14.9. The van der Waals surface area contributed by atoms with Crippen molar-refractivity contribution in [3.8, 4) is 17.3 Å². The Kier molecular flexibility index (Phi) is 5.04. The van der Waals surface area contributed by atoms with Crippen LogP contribution in [0.4, 0.5) is 0 Å². The van der Waals surface area contributed by atoms with Crippen LogP contribution in [0.15, 0.2) is 57.7 Å². The monoisotopic (exact) mass is 353 g/mol. The highest BCUT2D eigenvalue weighted by atomic mass is 16.5. The zero-order chi connectivity index (χ0) is 17.8. The molecule has 2 aromatic heterocycles. The second-order valence-electron chi connectivity index (χ2n) is 6.56. The Morgan fingerprint density at radius 3 is 2.35 bits per heavy atom. The lowest BCUT2D eigenvalue weighted by Crippen LogP contribution is -2.45. The molecule has 0 saturated carbocycles. The lowest BCUT2D eigenvalue weighted by Gasteiger charge is -2.34. The molecule has 3 aromatic rings. The predicted octanol–water partition coefficient (Wildman–Crippen LogP) is 3.26. The molecule has 136 valence electrons. The summed E-state index contributed by atoms with van der Waals surface area (Å²) in [4.78, 5) is 4.89. The minimum Gasteiger partial charge on any atom is -0.497 e. The van der Waals surface area contributed by atoms with E-state index in [4.69, 9.17) is 13.7 Å². The molecular weight excluding hydrogens is 330 g/mol. The van der Waals surface area contributed by atoms with Gasteiger partial charge in [-0.1, -0.05) is 17.3 Å². The first-order chi connectivity index (χ1) is 12.8. The van der Waals surface area contributed by atoms with Crippen LogP contribution in [-0.4, -0.2) is 48.2 Å². The van der Waals surface area contributed by atoms with Gasteiger partial charge in [-0.2, -0.15) is 0 Å². The highest BCUT2D eigenvalue weighted by Crippen LogP contribution is 2.21. The third-order valence-corrected chi connectivity index (χ3v) is 4.74. The number of furan rings is 1. The Morgan fingerprint density at radius 1 is 0.962 bits per heavy atom. The van der Waals surface area contributed by atoms with E-state index in [1.165, 1.54) is 5.56 Å². The number of benzene rings is 1. The number of nitrogens with zero attached hydrogens (tertiary/aromatic N) is 3. The molecule has 0 aliphatic carbocycles. The molecule has 0 spiro atoms. The van der Waals surface area contributed by atoms with Crippen LogP contribution in [-0.2, 0) is 13.1 Å². The van der Waals surface area contributed by atoms with Crippen molar-refractivity contribution < 1.29 is 13.7 Å². The van der Waals surface area contributed by atoms with Crippen LogP contribution in [0.3, 0.4) is 0 Å². The van der Waals surface area contributed by atoms with Crippen LogP contribution >= 0.6 is 0 Å². The number of hydrogen-bond donors (Lipinski definition) is 0. The van der Waals surface area contributed by atoms with Gasteiger partial charge in [-0.3, -0.25) is 9.80 Å². The molecule has 26 heavy (non-hydrogen) atoms. The van der Waals surface area contributed by atoms with Crippen LogP contribution in [0.5, 0.6) is 5.75 Å². The molecule has 0 radical (unpaired) electrons. The molecule has 6 nitrogen and oxygen atoms in total. The molecule has 1 aliphatic heterocycles. The van der Waals surface area contributed by atoms with E-state index in [-0.39, 0.29) is 0 Å². The van der Waals surface area contributed by atoms with Crippen molar-refractivity contribution in [3.05, 3.63) is 60.0 Å².